The smallest absolute Gasteiger partial charge is 0.164 e. The molecule has 0 spiro atoms. The molecule has 1 fully saturated rings. The molecule has 2 heterocycles. The van der Waals surface area contributed by atoms with Crippen LogP contribution in [0.25, 0.3) is 5.57 Å². The first-order valence-electron chi connectivity index (χ1n) is 9.86. The van der Waals surface area contributed by atoms with Crippen LogP contribution in [0, 0.1) is 0 Å². The summed E-state index contributed by atoms with van der Waals surface area (Å²) in [6.45, 7) is 8.50. The summed E-state index contributed by atoms with van der Waals surface area (Å²) in [5, 5.41) is 11.2. The average Bonchev–Trinajstić information content (AvgIpc) is 2.80. The number of morpholine rings is 1. The van der Waals surface area contributed by atoms with Crippen molar-refractivity contribution in [3.05, 3.63) is 66.1 Å². The molecule has 2 aromatic rings. The van der Waals surface area contributed by atoms with E-state index in [2.05, 4.69) is 21.4 Å². The van der Waals surface area contributed by atoms with Gasteiger partial charge in [0.05, 0.1) is 19.8 Å². The van der Waals surface area contributed by atoms with Gasteiger partial charge in [-0.1, -0.05) is 36.9 Å². The maximum Gasteiger partial charge on any atom is 0.164 e. The second-order valence-corrected chi connectivity index (χ2v) is 7.00. The molecule has 1 aromatic carbocycles. The number of hydrogen-bond acceptors (Lipinski definition) is 8. The first-order chi connectivity index (χ1) is 14.5. The summed E-state index contributed by atoms with van der Waals surface area (Å²) < 4.78 is 10.8. The molecule has 3 N–H and O–H groups in total. The monoisotopic (exact) mass is 411 g/mol. The Balaban J connectivity index is 1.92. The van der Waals surface area contributed by atoms with Crippen LogP contribution in [-0.2, 0) is 9.47 Å². The highest BCUT2D eigenvalue weighted by molar-refractivity contribution is 5.73. The molecule has 0 unspecified atom stereocenters. The molecule has 0 bridgehead atoms. The van der Waals surface area contributed by atoms with Crippen molar-refractivity contribution in [1.82, 2.24) is 9.97 Å². The molecule has 0 aliphatic carbocycles. The molecule has 1 aromatic heterocycles. The van der Waals surface area contributed by atoms with Gasteiger partial charge >= 0.3 is 0 Å². The number of nitrogens with zero attached hydrogens (tertiary/aromatic N) is 4. The lowest BCUT2D eigenvalue weighted by atomic mass is 10.1. The average molecular weight is 412 g/mol. The summed E-state index contributed by atoms with van der Waals surface area (Å²) in [7, 11) is 1.51. The quantitative estimate of drug-likeness (QED) is 0.388. The Morgan fingerprint density at radius 2 is 2.03 bits per heavy atom. The zero-order valence-electron chi connectivity index (χ0n) is 17.5. The number of aliphatic hydroxyl groups is 1. The highest BCUT2D eigenvalue weighted by Crippen LogP contribution is 2.25. The number of aromatic nitrogens is 2. The Labute approximate surface area is 177 Å². The molecule has 0 saturated carbocycles. The first-order valence-corrected chi connectivity index (χ1v) is 9.86. The minimum atomic E-state index is -0.637. The van der Waals surface area contributed by atoms with E-state index in [1.165, 1.54) is 12.1 Å². The predicted octanol–water partition coefficient (Wildman–Crippen LogP) is 2.29. The second-order valence-electron chi connectivity index (χ2n) is 7.00. The van der Waals surface area contributed by atoms with E-state index in [0.29, 0.717) is 24.9 Å². The molecule has 30 heavy (non-hydrogen) atoms. The normalized spacial score (nSPS) is 15.7. The SMILES string of the molecule is C=C(/C=C(/C)N(N)c1cc(N2CCOCC2)nc([C@H](CO)OC)n1)c1ccccc1. The van der Waals surface area contributed by atoms with E-state index < -0.39 is 6.10 Å². The van der Waals surface area contributed by atoms with Gasteiger partial charge in [-0.05, 0) is 24.1 Å². The molecule has 0 radical (unpaired) electrons. The van der Waals surface area contributed by atoms with Crippen molar-refractivity contribution in [1.29, 1.82) is 0 Å². The molecule has 1 atom stereocenters. The molecular formula is C22H29N5O3. The summed E-state index contributed by atoms with van der Waals surface area (Å²) in [4.78, 5) is 11.3. The molecule has 8 nitrogen and oxygen atoms in total. The van der Waals surface area contributed by atoms with Crippen molar-refractivity contribution in [3.8, 4) is 0 Å². The van der Waals surface area contributed by atoms with Gasteiger partial charge in [0.15, 0.2) is 11.6 Å². The van der Waals surface area contributed by atoms with Crippen LogP contribution in [0.4, 0.5) is 11.6 Å². The minimum Gasteiger partial charge on any atom is -0.393 e. The Morgan fingerprint density at radius 1 is 1.33 bits per heavy atom. The van der Waals surface area contributed by atoms with Crippen molar-refractivity contribution in [2.45, 2.75) is 13.0 Å². The topological polar surface area (TPSA) is 97.0 Å². The first kappa shape index (κ1) is 21.9. The van der Waals surface area contributed by atoms with E-state index >= 15 is 0 Å². The number of aliphatic hydroxyl groups excluding tert-OH is 1. The van der Waals surface area contributed by atoms with Gasteiger partial charge in [0, 0.05) is 32.0 Å². The Morgan fingerprint density at radius 3 is 2.67 bits per heavy atom. The van der Waals surface area contributed by atoms with Crippen LogP contribution in [0.15, 0.2) is 54.8 Å². The number of benzene rings is 1. The fourth-order valence-corrected chi connectivity index (χ4v) is 3.16. The summed E-state index contributed by atoms with van der Waals surface area (Å²) in [6.07, 6.45) is 1.27. The van der Waals surface area contributed by atoms with Gasteiger partial charge in [-0.25, -0.2) is 15.8 Å². The molecule has 8 heteroatoms. The summed E-state index contributed by atoms with van der Waals surface area (Å²) in [5.74, 6) is 8.01. The maximum atomic E-state index is 9.66. The standard InChI is InChI=1S/C22H29N5O3/c1-16(18-7-5-4-6-8-18)13-17(2)27(23)21-14-20(26-9-11-30-12-10-26)24-22(25-21)19(15-28)29-3/h4-8,13-14,19,28H,1,9-12,15,23H2,2-3H3/b17-13-/t19-/m0/s1. The van der Waals surface area contributed by atoms with Crippen LogP contribution in [0.5, 0.6) is 0 Å². The second kappa shape index (κ2) is 10.3. The number of anilines is 2. The third-order valence-electron chi connectivity index (χ3n) is 4.94. The van der Waals surface area contributed by atoms with E-state index in [4.69, 9.17) is 15.3 Å². The highest BCUT2D eigenvalue weighted by Gasteiger charge is 2.21. The van der Waals surface area contributed by atoms with Crippen LogP contribution in [0.2, 0.25) is 0 Å². The van der Waals surface area contributed by atoms with E-state index in [1.54, 1.807) is 0 Å². The lowest BCUT2D eigenvalue weighted by Gasteiger charge is -2.29. The van der Waals surface area contributed by atoms with Crippen molar-refractivity contribution < 1.29 is 14.6 Å². The molecule has 160 valence electrons. The largest absolute Gasteiger partial charge is 0.393 e. The predicted molar refractivity (Wildman–Crippen MR) is 118 cm³/mol. The zero-order valence-corrected chi connectivity index (χ0v) is 17.5. The molecule has 1 aliphatic heterocycles. The van der Waals surface area contributed by atoms with Gasteiger partial charge in [0.2, 0.25) is 0 Å². The van der Waals surface area contributed by atoms with Crippen molar-refractivity contribution in [2.75, 3.05) is 49.9 Å². The van der Waals surface area contributed by atoms with Gasteiger partial charge in [-0.2, -0.15) is 0 Å². The molecule has 0 amide bonds. The third-order valence-corrected chi connectivity index (χ3v) is 4.94. The van der Waals surface area contributed by atoms with Crippen molar-refractivity contribution >= 4 is 17.2 Å². The number of ether oxygens (including phenoxy) is 2. The van der Waals surface area contributed by atoms with E-state index in [9.17, 15) is 5.11 Å². The molecule has 1 aliphatic rings. The van der Waals surface area contributed by atoms with Gasteiger partial charge in [0.1, 0.15) is 11.9 Å². The van der Waals surface area contributed by atoms with Gasteiger partial charge in [0.25, 0.3) is 0 Å². The van der Waals surface area contributed by atoms with Gasteiger partial charge in [-0.15, -0.1) is 0 Å². The highest BCUT2D eigenvalue weighted by atomic mass is 16.5. The van der Waals surface area contributed by atoms with Gasteiger partial charge < -0.3 is 19.5 Å². The number of methoxy groups -OCH3 is 1. The number of hydrogen-bond donors (Lipinski definition) is 2. The van der Waals surface area contributed by atoms with Gasteiger partial charge in [-0.3, -0.25) is 5.01 Å². The number of allylic oxidation sites excluding steroid dienone is 3. The maximum absolute atomic E-state index is 9.66. The third kappa shape index (κ3) is 5.22. The van der Waals surface area contributed by atoms with Crippen molar-refractivity contribution in [3.63, 3.8) is 0 Å². The molecule has 3 rings (SSSR count). The number of rotatable bonds is 8. The summed E-state index contributed by atoms with van der Waals surface area (Å²) >= 11 is 0. The Kier molecular flexibility index (Phi) is 7.53. The fourth-order valence-electron chi connectivity index (χ4n) is 3.16. The molecular weight excluding hydrogens is 382 g/mol. The van der Waals surface area contributed by atoms with E-state index in [-0.39, 0.29) is 6.61 Å². The van der Waals surface area contributed by atoms with Crippen LogP contribution in [-0.4, -0.2) is 55.1 Å². The number of hydrazine groups is 1. The fraction of sp³-hybridized carbons (Fsp3) is 0.364. The Hall–Kier alpha value is -2.78. The lowest BCUT2D eigenvalue weighted by Crippen LogP contribution is -2.38. The van der Waals surface area contributed by atoms with Crippen LogP contribution in [0.1, 0.15) is 24.4 Å². The number of nitrogens with two attached hydrogens (primary N) is 1. The molecule has 1 saturated heterocycles. The lowest BCUT2D eigenvalue weighted by molar-refractivity contribution is 0.0423. The Bertz CT molecular complexity index is 878. The summed E-state index contributed by atoms with van der Waals surface area (Å²) in [6, 6.07) is 11.7. The van der Waals surface area contributed by atoms with E-state index in [0.717, 1.165) is 35.7 Å². The van der Waals surface area contributed by atoms with Crippen molar-refractivity contribution in [2.24, 2.45) is 5.84 Å². The van der Waals surface area contributed by atoms with Crippen LogP contribution in [0.3, 0.4) is 0 Å². The van der Waals surface area contributed by atoms with E-state index in [1.807, 2.05) is 49.4 Å². The zero-order chi connectivity index (χ0) is 21.5. The van der Waals surface area contributed by atoms with Crippen LogP contribution < -0.4 is 15.8 Å². The summed E-state index contributed by atoms with van der Waals surface area (Å²) in [5.41, 5.74) is 2.62. The van der Waals surface area contributed by atoms with Crippen LogP contribution >= 0.6 is 0 Å². The minimum absolute atomic E-state index is 0.229.